The molecule has 2 bridgehead atoms. The number of hydrogen-bond donors (Lipinski definition) is 1. The number of aryl methyl sites for hydroxylation is 1. The van der Waals surface area contributed by atoms with Gasteiger partial charge in [-0.15, -0.1) is 0 Å². The highest BCUT2D eigenvalue weighted by atomic mass is 35.5. The maximum Gasteiger partial charge on any atom is 0.262 e. The smallest absolute Gasteiger partial charge is 0.262 e. The van der Waals surface area contributed by atoms with Crippen LogP contribution in [-0.4, -0.2) is 84.3 Å². The molecule has 264 valence electrons. The van der Waals surface area contributed by atoms with Crippen LogP contribution in [0.1, 0.15) is 87.2 Å². The Bertz CT molecular complexity index is 1420. The van der Waals surface area contributed by atoms with E-state index in [2.05, 4.69) is 47.5 Å². The molecule has 0 aromatic heterocycles. The number of morpholine rings is 1. The number of fused-ring (bicyclic) bond motifs is 14. The zero-order valence-corrected chi connectivity index (χ0v) is 31.0. The number of benzene rings is 2. The molecule has 3 aliphatic heterocycles. The van der Waals surface area contributed by atoms with Crippen molar-refractivity contribution in [2.24, 2.45) is 23.7 Å². The third-order valence-corrected chi connectivity index (χ3v) is 14.0. The summed E-state index contributed by atoms with van der Waals surface area (Å²) in [6.07, 6.45) is 9.07. The van der Waals surface area contributed by atoms with Gasteiger partial charge in [-0.25, -0.2) is 4.21 Å². The predicted molar refractivity (Wildman–Crippen MR) is 195 cm³/mol. The number of amides is 1. The summed E-state index contributed by atoms with van der Waals surface area (Å²) >= 11 is 6.49. The third-order valence-electron chi connectivity index (χ3n) is 12.3. The summed E-state index contributed by atoms with van der Waals surface area (Å²) in [6, 6.07) is 14.2. The molecule has 2 aromatic rings. The van der Waals surface area contributed by atoms with Crippen LogP contribution < -0.4 is 9.46 Å². The lowest BCUT2D eigenvalue weighted by atomic mass is 9.63. The Morgan fingerprint density at radius 3 is 2.52 bits per heavy atom. The van der Waals surface area contributed by atoms with E-state index in [1.807, 2.05) is 25.1 Å². The van der Waals surface area contributed by atoms with Crippen LogP contribution in [0.4, 0.5) is 0 Å². The van der Waals surface area contributed by atoms with Gasteiger partial charge in [0.05, 0.1) is 25.1 Å². The van der Waals surface area contributed by atoms with E-state index in [1.165, 1.54) is 30.4 Å². The molecule has 1 spiro atoms. The van der Waals surface area contributed by atoms with E-state index in [1.54, 1.807) is 12.1 Å². The Morgan fingerprint density at radius 1 is 1.02 bits per heavy atom. The fraction of sp³-hybridized carbons (Fsp3) is 0.667. The SMILES string of the molecule is CC1CCCC(C(C)N2CCOCC2)C2CCC2CN(C)CC2(CCCc3cc(Cl)ccc32)COc2ccc(cc2)C(=O)NS(=O)C1C. The van der Waals surface area contributed by atoms with Crippen LogP contribution in [0.3, 0.4) is 0 Å². The van der Waals surface area contributed by atoms with Gasteiger partial charge in [0.25, 0.3) is 5.91 Å². The number of ether oxygens (including phenoxy) is 2. The van der Waals surface area contributed by atoms with Crippen LogP contribution >= 0.6 is 11.6 Å². The lowest BCUT2D eigenvalue weighted by molar-refractivity contribution is -0.0285. The Hall–Kier alpha value is -1.97. The zero-order valence-electron chi connectivity index (χ0n) is 29.4. The molecule has 2 aromatic carbocycles. The molecule has 0 radical (unpaired) electrons. The molecule has 8 unspecified atom stereocenters. The summed E-state index contributed by atoms with van der Waals surface area (Å²) in [7, 11) is 0.851. The largest absolute Gasteiger partial charge is 0.493 e. The van der Waals surface area contributed by atoms with Gasteiger partial charge in [-0.1, -0.05) is 31.0 Å². The van der Waals surface area contributed by atoms with E-state index in [-0.39, 0.29) is 22.5 Å². The minimum Gasteiger partial charge on any atom is -0.493 e. The summed E-state index contributed by atoms with van der Waals surface area (Å²) in [4.78, 5) is 18.4. The molecule has 3 heterocycles. The topological polar surface area (TPSA) is 71.1 Å². The van der Waals surface area contributed by atoms with Gasteiger partial charge >= 0.3 is 0 Å². The maximum absolute atomic E-state index is 13.3. The summed E-state index contributed by atoms with van der Waals surface area (Å²) in [5.74, 6) is 2.66. The Balaban J connectivity index is 1.28. The molecule has 2 fully saturated rings. The predicted octanol–water partition coefficient (Wildman–Crippen LogP) is 6.89. The summed E-state index contributed by atoms with van der Waals surface area (Å²) in [5, 5.41) is 0.662. The van der Waals surface area contributed by atoms with E-state index in [9.17, 15) is 9.00 Å². The molecule has 8 atom stereocenters. The highest BCUT2D eigenvalue weighted by Gasteiger charge is 2.43. The Morgan fingerprint density at radius 2 is 1.79 bits per heavy atom. The van der Waals surface area contributed by atoms with Crippen molar-refractivity contribution in [1.82, 2.24) is 14.5 Å². The molecule has 9 heteroatoms. The monoisotopic (exact) mass is 697 g/mol. The number of hydrogen-bond acceptors (Lipinski definition) is 6. The fourth-order valence-corrected chi connectivity index (χ4v) is 10.4. The second-order valence-corrected chi connectivity index (χ2v) is 17.3. The van der Waals surface area contributed by atoms with Gasteiger partial charge in [-0.2, -0.15) is 0 Å². The van der Waals surface area contributed by atoms with Crippen molar-refractivity contribution in [3.63, 3.8) is 0 Å². The molecular formula is C39H56ClN3O4S. The molecule has 1 amide bonds. The van der Waals surface area contributed by atoms with Crippen LogP contribution in [-0.2, 0) is 27.6 Å². The van der Waals surface area contributed by atoms with Crippen molar-refractivity contribution >= 4 is 28.5 Å². The number of nitrogens with one attached hydrogen (secondary N) is 1. The summed E-state index contributed by atoms with van der Waals surface area (Å²) < 4.78 is 28.4. The number of carbonyl (C=O) groups excluding carboxylic acids is 1. The molecule has 48 heavy (non-hydrogen) atoms. The highest BCUT2D eigenvalue weighted by Crippen LogP contribution is 2.46. The second kappa shape index (κ2) is 15.9. The van der Waals surface area contributed by atoms with Gasteiger partial charge in [-0.05, 0) is 137 Å². The van der Waals surface area contributed by atoms with E-state index >= 15 is 0 Å². The minimum absolute atomic E-state index is 0.129. The molecule has 7 rings (SSSR count). The van der Waals surface area contributed by atoms with Gasteiger partial charge in [0.15, 0.2) is 0 Å². The number of nitrogens with zero attached hydrogens (tertiary/aromatic N) is 2. The van der Waals surface area contributed by atoms with Crippen molar-refractivity contribution in [2.45, 2.75) is 88.8 Å². The fourth-order valence-electron chi connectivity index (χ4n) is 9.12. The maximum atomic E-state index is 13.3. The first-order valence-electron chi connectivity index (χ1n) is 18.4. The number of likely N-dealkylation sites (N-methyl/N-ethyl adjacent to an activating group) is 1. The van der Waals surface area contributed by atoms with E-state index in [0.717, 1.165) is 82.3 Å². The van der Waals surface area contributed by atoms with Gasteiger partial charge in [0.2, 0.25) is 0 Å². The van der Waals surface area contributed by atoms with Crippen LogP contribution in [0.25, 0.3) is 0 Å². The van der Waals surface area contributed by atoms with Crippen molar-refractivity contribution < 1.29 is 18.5 Å². The molecule has 5 aliphatic rings. The van der Waals surface area contributed by atoms with Crippen LogP contribution in [0.2, 0.25) is 5.02 Å². The number of halogens is 1. The first-order valence-corrected chi connectivity index (χ1v) is 20.0. The summed E-state index contributed by atoms with van der Waals surface area (Å²) in [6.45, 7) is 12.9. The molecule has 7 nitrogen and oxygen atoms in total. The lowest BCUT2D eigenvalue weighted by Crippen LogP contribution is -2.52. The van der Waals surface area contributed by atoms with Gasteiger partial charge in [0.1, 0.15) is 16.7 Å². The minimum atomic E-state index is -1.46. The van der Waals surface area contributed by atoms with Crippen LogP contribution in [0.15, 0.2) is 42.5 Å². The van der Waals surface area contributed by atoms with E-state index < -0.39 is 11.0 Å². The highest BCUT2D eigenvalue weighted by molar-refractivity contribution is 7.84. The third kappa shape index (κ3) is 8.15. The van der Waals surface area contributed by atoms with Crippen LogP contribution in [0.5, 0.6) is 5.75 Å². The average Bonchev–Trinajstić information content (AvgIpc) is 3.08. The summed E-state index contributed by atoms with van der Waals surface area (Å²) in [5.41, 5.74) is 3.02. The van der Waals surface area contributed by atoms with Crippen LogP contribution in [0, 0.1) is 23.7 Å². The average molecular weight is 698 g/mol. The first kappa shape index (κ1) is 35.8. The van der Waals surface area contributed by atoms with Gasteiger partial charge in [-0.3, -0.25) is 14.4 Å². The molecule has 2 aliphatic carbocycles. The van der Waals surface area contributed by atoms with Crippen molar-refractivity contribution in [2.75, 3.05) is 53.0 Å². The number of carbonyl (C=O) groups is 1. The van der Waals surface area contributed by atoms with Gasteiger partial charge < -0.3 is 14.4 Å². The van der Waals surface area contributed by atoms with Crippen molar-refractivity contribution in [3.8, 4) is 5.75 Å². The van der Waals surface area contributed by atoms with E-state index in [4.69, 9.17) is 21.1 Å². The number of rotatable bonds is 2. The van der Waals surface area contributed by atoms with E-state index in [0.29, 0.717) is 36.0 Å². The molecular weight excluding hydrogens is 642 g/mol. The quantitative estimate of drug-likeness (QED) is 0.369. The Labute approximate surface area is 296 Å². The molecule has 1 saturated carbocycles. The lowest BCUT2D eigenvalue weighted by Gasteiger charge is -2.49. The molecule has 1 N–H and O–H groups in total. The van der Waals surface area contributed by atoms with Crippen molar-refractivity contribution in [1.29, 1.82) is 0 Å². The van der Waals surface area contributed by atoms with Gasteiger partial charge in [0, 0.05) is 48.2 Å². The standard InChI is InChI=1S/C39H56ClN3O4S/c1-27-7-5-9-35(28(2)43-19-21-46-22-20-43)36-16-12-32(36)24-42(4)25-39(18-6-8-31-23-33(40)13-17-37(31)39)26-47-34-14-10-30(11-15-34)38(44)41-48(45)29(27)3/h10-11,13-15,17,23,27-29,32,35-36H,5-9,12,16,18-22,24-26H2,1-4H3,(H,41,44). The zero-order chi connectivity index (χ0) is 33.8. The normalized spacial score (nSPS) is 33.7. The van der Waals surface area contributed by atoms with Crippen molar-refractivity contribution in [3.05, 3.63) is 64.2 Å². The second-order valence-electron chi connectivity index (χ2n) is 15.3. The molecule has 1 saturated heterocycles. The Kier molecular flexibility index (Phi) is 11.9. The first-order chi connectivity index (χ1) is 23.1.